The van der Waals surface area contributed by atoms with Gasteiger partial charge < -0.3 is 9.32 Å². The molecule has 0 N–H and O–H groups in total. The Morgan fingerprint density at radius 1 is 1.32 bits per heavy atom. The van der Waals surface area contributed by atoms with Crippen molar-refractivity contribution < 1.29 is 9.21 Å². The highest BCUT2D eigenvalue weighted by Crippen LogP contribution is 2.36. The molecule has 1 aliphatic rings. The van der Waals surface area contributed by atoms with Crippen molar-refractivity contribution in [2.45, 2.75) is 19.4 Å². The Bertz CT molecular complexity index is 1180. The molecule has 4 aromatic rings. The van der Waals surface area contributed by atoms with Gasteiger partial charge >= 0.3 is 0 Å². The zero-order valence-corrected chi connectivity index (χ0v) is 15.9. The van der Waals surface area contributed by atoms with Gasteiger partial charge in [-0.15, -0.1) is 0 Å². The van der Waals surface area contributed by atoms with Crippen LogP contribution >= 0.6 is 11.6 Å². The van der Waals surface area contributed by atoms with Gasteiger partial charge in [-0.2, -0.15) is 5.10 Å². The van der Waals surface area contributed by atoms with E-state index in [4.69, 9.17) is 16.0 Å². The lowest BCUT2D eigenvalue weighted by Crippen LogP contribution is -2.39. The number of fused-ring (bicyclic) bond motifs is 2. The summed E-state index contributed by atoms with van der Waals surface area (Å²) in [6.45, 7) is 2.68. The summed E-state index contributed by atoms with van der Waals surface area (Å²) in [5.41, 5.74) is 5.62. The lowest BCUT2D eigenvalue weighted by atomic mass is 9.87. The molecule has 140 valence electrons. The van der Waals surface area contributed by atoms with Gasteiger partial charge in [0.1, 0.15) is 0 Å². The van der Waals surface area contributed by atoms with Crippen molar-refractivity contribution in [3.05, 3.63) is 77.1 Å². The van der Waals surface area contributed by atoms with Crippen LogP contribution < -0.4 is 0 Å². The number of hydrogen-bond donors (Lipinski definition) is 0. The van der Waals surface area contributed by atoms with E-state index in [-0.39, 0.29) is 11.9 Å². The maximum atomic E-state index is 13.2. The highest BCUT2D eigenvalue weighted by atomic mass is 35.5. The molecule has 0 fully saturated rings. The van der Waals surface area contributed by atoms with Crippen LogP contribution in [0.5, 0.6) is 0 Å². The number of halogens is 1. The first-order chi connectivity index (χ1) is 13.6. The molecule has 4 heterocycles. The Hall–Kier alpha value is -3.12. The standard InChI is InChI=1S/C21H17ClN4O2/c1-13-16-3-2-4-17(14-6-8-28-12-14)18(16)5-7-25(13)21(27)19-9-20-23-10-15(22)11-26(20)24-19/h2-4,6,8-13H,5,7H2,1H3. The van der Waals surface area contributed by atoms with Crippen LogP contribution in [0, 0.1) is 0 Å². The summed E-state index contributed by atoms with van der Waals surface area (Å²) in [5.74, 6) is -0.103. The molecule has 0 aliphatic carbocycles. The molecule has 1 aliphatic heterocycles. The van der Waals surface area contributed by atoms with Gasteiger partial charge in [-0.3, -0.25) is 4.79 Å². The van der Waals surface area contributed by atoms with Crippen molar-refractivity contribution >= 4 is 23.2 Å². The molecule has 6 nitrogen and oxygen atoms in total. The van der Waals surface area contributed by atoms with E-state index in [1.165, 1.54) is 10.1 Å². The van der Waals surface area contributed by atoms with Crippen LogP contribution in [-0.2, 0) is 6.42 Å². The highest BCUT2D eigenvalue weighted by Gasteiger charge is 2.31. The Kier molecular flexibility index (Phi) is 3.94. The number of aromatic nitrogens is 3. The molecule has 28 heavy (non-hydrogen) atoms. The van der Waals surface area contributed by atoms with E-state index in [0.29, 0.717) is 22.9 Å². The molecule has 0 bridgehead atoms. The van der Waals surface area contributed by atoms with E-state index in [9.17, 15) is 4.79 Å². The van der Waals surface area contributed by atoms with Crippen LogP contribution in [-0.4, -0.2) is 31.9 Å². The van der Waals surface area contributed by atoms with E-state index in [1.54, 1.807) is 31.0 Å². The number of furan rings is 1. The summed E-state index contributed by atoms with van der Waals surface area (Å²) in [6.07, 6.45) is 7.41. The van der Waals surface area contributed by atoms with E-state index >= 15 is 0 Å². The molecule has 1 amide bonds. The number of hydrogen-bond acceptors (Lipinski definition) is 4. The number of amides is 1. The summed E-state index contributed by atoms with van der Waals surface area (Å²) < 4.78 is 6.79. The van der Waals surface area contributed by atoms with Gasteiger partial charge in [0.15, 0.2) is 11.3 Å². The molecule has 1 aromatic carbocycles. The van der Waals surface area contributed by atoms with Gasteiger partial charge in [0.25, 0.3) is 5.91 Å². The average Bonchev–Trinajstić information content (AvgIpc) is 3.37. The fourth-order valence-corrected chi connectivity index (χ4v) is 4.08. The summed E-state index contributed by atoms with van der Waals surface area (Å²) in [5, 5.41) is 4.84. The topological polar surface area (TPSA) is 63.6 Å². The quantitative estimate of drug-likeness (QED) is 0.507. The predicted molar refractivity (Wildman–Crippen MR) is 105 cm³/mol. The summed E-state index contributed by atoms with van der Waals surface area (Å²) in [7, 11) is 0. The van der Waals surface area contributed by atoms with Gasteiger partial charge in [-0.05, 0) is 36.1 Å². The molecular weight excluding hydrogens is 376 g/mol. The fourth-order valence-electron chi connectivity index (χ4n) is 3.94. The monoisotopic (exact) mass is 392 g/mol. The van der Waals surface area contributed by atoms with Crippen LogP contribution in [0.15, 0.2) is 59.7 Å². The molecule has 7 heteroatoms. The average molecular weight is 393 g/mol. The molecule has 0 saturated heterocycles. The largest absolute Gasteiger partial charge is 0.472 e. The number of benzene rings is 1. The van der Waals surface area contributed by atoms with E-state index in [2.05, 4.69) is 29.1 Å². The lowest BCUT2D eigenvalue weighted by molar-refractivity contribution is 0.0671. The normalized spacial score (nSPS) is 16.4. The van der Waals surface area contributed by atoms with Gasteiger partial charge in [0, 0.05) is 24.4 Å². The first-order valence-electron chi connectivity index (χ1n) is 9.08. The summed E-state index contributed by atoms with van der Waals surface area (Å²) >= 11 is 5.97. The molecule has 1 unspecified atom stereocenters. The van der Waals surface area contributed by atoms with Crippen LogP contribution in [0.3, 0.4) is 0 Å². The first kappa shape index (κ1) is 17.0. The minimum Gasteiger partial charge on any atom is -0.472 e. The highest BCUT2D eigenvalue weighted by molar-refractivity contribution is 6.30. The van der Waals surface area contributed by atoms with Crippen molar-refractivity contribution in [3.63, 3.8) is 0 Å². The Labute approximate surface area is 166 Å². The number of carbonyl (C=O) groups excluding carboxylic acids is 1. The smallest absolute Gasteiger partial charge is 0.274 e. The number of carbonyl (C=O) groups is 1. The van der Waals surface area contributed by atoms with Crippen molar-refractivity contribution in [2.24, 2.45) is 0 Å². The van der Waals surface area contributed by atoms with Crippen LogP contribution in [0.25, 0.3) is 16.8 Å². The van der Waals surface area contributed by atoms with Gasteiger partial charge in [-0.25, -0.2) is 9.50 Å². The summed E-state index contributed by atoms with van der Waals surface area (Å²) in [4.78, 5) is 19.2. The second-order valence-corrected chi connectivity index (χ2v) is 7.35. The zero-order valence-electron chi connectivity index (χ0n) is 15.2. The molecule has 3 aromatic heterocycles. The Morgan fingerprint density at radius 2 is 2.21 bits per heavy atom. The molecule has 0 spiro atoms. The van der Waals surface area contributed by atoms with Crippen molar-refractivity contribution in [1.29, 1.82) is 0 Å². The van der Waals surface area contributed by atoms with E-state index < -0.39 is 0 Å². The molecule has 0 saturated carbocycles. The minimum absolute atomic E-state index is 0.0514. The molecule has 0 radical (unpaired) electrons. The van der Waals surface area contributed by atoms with Gasteiger partial charge in [0.05, 0.1) is 29.8 Å². The van der Waals surface area contributed by atoms with Crippen molar-refractivity contribution in [3.8, 4) is 11.1 Å². The third kappa shape index (κ3) is 2.68. The van der Waals surface area contributed by atoms with E-state index in [1.807, 2.05) is 17.0 Å². The van der Waals surface area contributed by atoms with Crippen LogP contribution in [0.1, 0.15) is 34.6 Å². The molecule has 1 atom stereocenters. The first-order valence-corrected chi connectivity index (χ1v) is 9.46. The second kappa shape index (κ2) is 6.49. The van der Waals surface area contributed by atoms with E-state index in [0.717, 1.165) is 23.1 Å². The maximum Gasteiger partial charge on any atom is 0.274 e. The zero-order chi connectivity index (χ0) is 19.3. The SMILES string of the molecule is CC1c2cccc(-c3ccoc3)c2CCN1C(=O)c1cc2ncc(Cl)cn2n1. The number of rotatable bonds is 2. The third-order valence-corrected chi connectivity index (χ3v) is 5.52. The molecule has 5 rings (SSSR count). The Morgan fingerprint density at radius 3 is 3.04 bits per heavy atom. The Balaban J connectivity index is 1.49. The van der Waals surface area contributed by atoms with Gasteiger partial charge in [0.2, 0.25) is 0 Å². The summed E-state index contributed by atoms with van der Waals surface area (Å²) in [6, 6.07) is 9.83. The van der Waals surface area contributed by atoms with Crippen molar-refractivity contribution in [1.82, 2.24) is 19.5 Å². The van der Waals surface area contributed by atoms with Crippen LogP contribution in [0.4, 0.5) is 0 Å². The maximum absolute atomic E-state index is 13.2. The lowest BCUT2D eigenvalue weighted by Gasteiger charge is -2.35. The predicted octanol–water partition coefficient (Wildman–Crippen LogP) is 4.40. The van der Waals surface area contributed by atoms with Gasteiger partial charge in [-0.1, -0.05) is 29.8 Å². The fraction of sp³-hybridized carbons (Fsp3) is 0.190. The number of nitrogens with zero attached hydrogens (tertiary/aromatic N) is 4. The molecular formula is C21H17ClN4O2. The minimum atomic E-state index is -0.103. The van der Waals surface area contributed by atoms with Crippen LogP contribution in [0.2, 0.25) is 5.02 Å². The second-order valence-electron chi connectivity index (χ2n) is 6.91. The third-order valence-electron chi connectivity index (χ3n) is 5.33. The van der Waals surface area contributed by atoms with Crippen molar-refractivity contribution in [2.75, 3.05) is 6.54 Å².